The standard InChI is InChI=1S/C23H23Cl2N3O4S2/c1-14-13-18(25)21(28-8-10-32-11-9-28)15(2)20(14)26-23(29)22-19(7-12-33-22)27-34(30,31)17-5-3-16(24)4-6-17/h3-7,12-13,27H,8-11H2,1-2H3,(H,26,29)/p-1. The Labute approximate surface area is 212 Å². The molecule has 1 fully saturated rings. The molecule has 1 N–H and O–H groups in total. The smallest absolute Gasteiger partial charge is 0.261 e. The lowest BCUT2D eigenvalue weighted by Gasteiger charge is -2.31. The van der Waals surface area contributed by atoms with Crippen molar-refractivity contribution in [1.82, 2.24) is 0 Å². The van der Waals surface area contributed by atoms with Gasteiger partial charge >= 0.3 is 0 Å². The lowest BCUT2D eigenvalue weighted by molar-refractivity contribution is -0.212. The molecule has 2 heterocycles. The molecule has 3 aromatic rings. The van der Waals surface area contributed by atoms with Crippen LogP contribution in [-0.2, 0) is 14.8 Å². The van der Waals surface area contributed by atoms with E-state index >= 15 is 0 Å². The number of hydrogen-bond donors (Lipinski definition) is 1. The number of benzene rings is 2. The van der Waals surface area contributed by atoms with Crippen LogP contribution in [0.3, 0.4) is 0 Å². The van der Waals surface area contributed by atoms with E-state index in [-0.39, 0.29) is 15.5 Å². The molecule has 0 radical (unpaired) electrons. The van der Waals surface area contributed by atoms with Crippen molar-refractivity contribution in [3.05, 3.63) is 67.8 Å². The summed E-state index contributed by atoms with van der Waals surface area (Å²) in [5.74, 6) is -0.537. The molecule has 1 aliphatic rings. The van der Waals surface area contributed by atoms with E-state index in [9.17, 15) is 13.5 Å². The molecule has 0 saturated carbocycles. The van der Waals surface area contributed by atoms with Crippen LogP contribution in [0.2, 0.25) is 10.0 Å². The van der Waals surface area contributed by atoms with Crippen LogP contribution in [0.4, 0.5) is 17.1 Å². The molecule has 0 bridgehead atoms. The minimum absolute atomic E-state index is 0.0398. The summed E-state index contributed by atoms with van der Waals surface area (Å²) in [6.45, 7) is 6.31. The van der Waals surface area contributed by atoms with Gasteiger partial charge in [0.2, 0.25) is 0 Å². The van der Waals surface area contributed by atoms with E-state index in [0.717, 1.165) is 28.2 Å². The van der Waals surface area contributed by atoms with Crippen LogP contribution < -0.4 is 14.7 Å². The Kier molecular flexibility index (Phi) is 7.39. The van der Waals surface area contributed by atoms with Crippen molar-refractivity contribution >= 4 is 67.5 Å². The zero-order valence-corrected chi connectivity index (χ0v) is 21.6. The number of nitrogens with zero attached hydrogens (tertiary/aromatic N) is 2. The van der Waals surface area contributed by atoms with Crippen LogP contribution in [0.1, 0.15) is 16.0 Å². The van der Waals surface area contributed by atoms with Gasteiger partial charge in [-0.2, -0.15) is 0 Å². The van der Waals surface area contributed by atoms with Crippen molar-refractivity contribution in [1.29, 1.82) is 0 Å². The largest absolute Gasteiger partial charge is 0.858 e. The number of hydrogen-bond acceptors (Lipinski definition) is 7. The number of aryl methyl sites for hydroxylation is 1. The van der Waals surface area contributed by atoms with Gasteiger partial charge in [0.05, 0.1) is 45.1 Å². The van der Waals surface area contributed by atoms with Gasteiger partial charge in [0.1, 0.15) is 0 Å². The Balaban J connectivity index is 1.68. The minimum Gasteiger partial charge on any atom is -0.858 e. The zero-order valence-electron chi connectivity index (χ0n) is 18.5. The number of anilines is 2. The van der Waals surface area contributed by atoms with Crippen LogP contribution in [0, 0.1) is 13.8 Å². The molecule has 0 amide bonds. The van der Waals surface area contributed by atoms with E-state index in [4.69, 9.17) is 27.9 Å². The van der Waals surface area contributed by atoms with Crippen molar-refractivity contribution in [2.45, 2.75) is 18.7 Å². The van der Waals surface area contributed by atoms with Gasteiger partial charge in [-0.25, -0.2) is 8.42 Å². The van der Waals surface area contributed by atoms with Gasteiger partial charge in [0.15, 0.2) is 0 Å². The maximum Gasteiger partial charge on any atom is 0.261 e. The number of halogens is 2. The normalized spacial score (nSPS) is 14.9. The number of nitrogens with one attached hydrogen (secondary N) is 1. The maximum atomic E-state index is 13.2. The highest BCUT2D eigenvalue weighted by molar-refractivity contribution is 7.92. The maximum absolute atomic E-state index is 13.2. The van der Waals surface area contributed by atoms with E-state index in [1.165, 1.54) is 24.3 Å². The number of ether oxygens (including phenoxy) is 1. The SMILES string of the molecule is Cc1cc(Cl)c(N2CCOCC2)c(C)c1N=C([O-])c1sccc1NS(=O)(=O)c1ccc(Cl)cc1. The third-order valence-electron chi connectivity index (χ3n) is 5.42. The zero-order chi connectivity index (χ0) is 24.5. The average molecular weight is 539 g/mol. The summed E-state index contributed by atoms with van der Waals surface area (Å²) in [4.78, 5) is 6.73. The van der Waals surface area contributed by atoms with Crippen molar-refractivity contribution in [3.8, 4) is 0 Å². The highest BCUT2D eigenvalue weighted by atomic mass is 35.5. The second-order valence-electron chi connectivity index (χ2n) is 7.74. The lowest BCUT2D eigenvalue weighted by Crippen LogP contribution is -2.36. The van der Waals surface area contributed by atoms with E-state index in [1.54, 1.807) is 17.5 Å². The Hall–Kier alpha value is -2.30. The van der Waals surface area contributed by atoms with Crippen LogP contribution in [-0.4, -0.2) is 40.6 Å². The molecule has 11 heteroatoms. The van der Waals surface area contributed by atoms with Gasteiger partial charge in [-0.05, 0) is 66.8 Å². The van der Waals surface area contributed by atoms with Gasteiger partial charge in [0.25, 0.3) is 10.0 Å². The fourth-order valence-electron chi connectivity index (χ4n) is 3.79. The van der Waals surface area contributed by atoms with Crippen molar-refractivity contribution < 1.29 is 18.3 Å². The molecule has 180 valence electrons. The molecule has 0 spiro atoms. The van der Waals surface area contributed by atoms with Gasteiger partial charge in [-0.15, -0.1) is 11.3 Å². The van der Waals surface area contributed by atoms with E-state index in [2.05, 4.69) is 14.6 Å². The molecule has 1 aliphatic heterocycles. The van der Waals surface area contributed by atoms with E-state index < -0.39 is 15.9 Å². The van der Waals surface area contributed by atoms with Crippen LogP contribution in [0.5, 0.6) is 0 Å². The third kappa shape index (κ3) is 5.18. The van der Waals surface area contributed by atoms with Crippen LogP contribution in [0.25, 0.3) is 0 Å². The molecule has 0 aliphatic carbocycles. The predicted molar refractivity (Wildman–Crippen MR) is 137 cm³/mol. The highest BCUT2D eigenvalue weighted by Crippen LogP contribution is 2.39. The summed E-state index contributed by atoms with van der Waals surface area (Å²) in [6.07, 6.45) is 0. The topological polar surface area (TPSA) is 94.1 Å². The molecule has 0 atom stereocenters. The first-order chi connectivity index (χ1) is 16.2. The molecule has 2 aromatic carbocycles. The molecule has 7 nitrogen and oxygen atoms in total. The Morgan fingerprint density at radius 1 is 1.15 bits per heavy atom. The summed E-state index contributed by atoms with van der Waals surface area (Å²) in [7, 11) is -3.90. The molecular weight excluding hydrogens is 517 g/mol. The Bertz CT molecular complexity index is 1330. The number of thiophene rings is 1. The monoisotopic (exact) mass is 538 g/mol. The second kappa shape index (κ2) is 10.1. The summed E-state index contributed by atoms with van der Waals surface area (Å²) in [6, 6.07) is 9.12. The first-order valence-corrected chi connectivity index (χ1v) is 13.5. The van der Waals surface area contributed by atoms with Gasteiger partial charge in [-0.3, -0.25) is 9.71 Å². The van der Waals surface area contributed by atoms with Crippen LogP contribution >= 0.6 is 34.5 Å². The fourth-order valence-corrected chi connectivity index (χ4v) is 6.21. The number of sulfonamides is 1. The van der Waals surface area contributed by atoms with E-state index in [1.807, 2.05) is 13.8 Å². The Morgan fingerprint density at radius 2 is 1.82 bits per heavy atom. The summed E-state index contributed by atoms with van der Waals surface area (Å²) >= 11 is 13.5. The molecule has 4 rings (SSSR count). The summed E-state index contributed by atoms with van der Waals surface area (Å²) in [5.41, 5.74) is 3.08. The third-order valence-corrected chi connectivity index (χ3v) is 8.25. The van der Waals surface area contributed by atoms with Gasteiger partial charge in [-0.1, -0.05) is 23.2 Å². The average Bonchev–Trinajstić information content (AvgIpc) is 3.25. The first kappa shape index (κ1) is 24.8. The summed E-state index contributed by atoms with van der Waals surface area (Å²) in [5, 5.41) is 15.8. The van der Waals surface area contributed by atoms with E-state index in [0.29, 0.717) is 42.0 Å². The fraction of sp³-hybridized carbons (Fsp3) is 0.261. The molecular formula is C23H22Cl2N3O4S2-. The lowest BCUT2D eigenvalue weighted by atomic mass is 10.1. The molecule has 1 aromatic heterocycles. The molecule has 1 saturated heterocycles. The number of morpholine rings is 1. The Morgan fingerprint density at radius 3 is 2.50 bits per heavy atom. The minimum atomic E-state index is -3.90. The van der Waals surface area contributed by atoms with Crippen molar-refractivity contribution in [2.75, 3.05) is 35.9 Å². The number of aliphatic imine (C=N–C) groups is 1. The first-order valence-electron chi connectivity index (χ1n) is 10.4. The van der Waals surface area contributed by atoms with Crippen LogP contribution in [0.15, 0.2) is 51.7 Å². The van der Waals surface area contributed by atoms with Gasteiger partial charge < -0.3 is 14.7 Å². The number of rotatable bonds is 6. The molecule has 0 unspecified atom stereocenters. The second-order valence-corrected chi connectivity index (χ2v) is 11.2. The van der Waals surface area contributed by atoms with Crippen molar-refractivity contribution in [2.24, 2.45) is 4.99 Å². The quantitative estimate of drug-likeness (QED) is 0.361. The summed E-state index contributed by atoms with van der Waals surface area (Å²) < 4.78 is 33.5. The highest BCUT2D eigenvalue weighted by Gasteiger charge is 2.21. The van der Waals surface area contributed by atoms with Crippen molar-refractivity contribution in [3.63, 3.8) is 0 Å². The predicted octanol–water partition coefficient (Wildman–Crippen LogP) is 4.75. The van der Waals surface area contributed by atoms with Gasteiger partial charge in [0, 0.05) is 24.0 Å². The molecule has 34 heavy (non-hydrogen) atoms.